The molecule has 0 bridgehead atoms. The molecular formula is C35H44N4O3. The van der Waals surface area contributed by atoms with Crippen molar-refractivity contribution in [1.29, 1.82) is 0 Å². The maximum Gasteiger partial charge on any atom is 0.163 e. The van der Waals surface area contributed by atoms with Crippen molar-refractivity contribution in [2.45, 2.75) is 39.0 Å². The molecule has 7 nitrogen and oxygen atoms in total. The van der Waals surface area contributed by atoms with Crippen LogP contribution in [-0.4, -0.2) is 68.3 Å². The lowest BCUT2D eigenvalue weighted by molar-refractivity contribution is 0.149. The standard InChI is InChI=1S/C35H44N4O3/c1-35(2,3)26-8-10-27(11-9-26)37-28-12-14-29(15-13-28)42-32-16-17-36-31-25-34(33(40-5)24-30(31)32)41-23-7-6-18-39-21-19-38(4)20-22-39/h8-17,24-25,37H,6-7,18-23H2,1-5H3. The third-order valence-corrected chi connectivity index (χ3v) is 7.83. The Morgan fingerprint density at radius 3 is 2.17 bits per heavy atom. The van der Waals surface area contributed by atoms with Gasteiger partial charge in [0.15, 0.2) is 11.5 Å². The zero-order valence-electron chi connectivity index (χ0n) is 25.7. The summed E-state index contributed by atoms with van der Waals surface area (Å²) in [6.07, 6.45) is 3.88. The molecule has 42 heavy (non-hydrogen) atoms. The molecule has 3 aromatic carbocycles. The van der Waals surface area contributed by atoms with E-state index in [4.69, 9.17) is 14.2 Å². The largest absolute Gasteiger partial charge is 0.493 e. The van der Waals surface area contributed by atoms with Crippen LogP contribution in [0.15, 0.2) is 72.9 Å². The van der Waals surface area contributed by atoms with Crippen molar-refractivity contribution >= 4 is 22.3 Å². The van der Waals surface area contributed by atoms with E-state index < -0.39 is 0 Å². The molecule has 4 aromatic rings. The van der Waals surface area contributed by atoms with Crippen molar-refractivity contribution in [2.24, 2.45) is 0 Å². The van der Waals surface area contributed by atoms with Gasteiger partial charge in [0.1, 0.15) is 11.5 Å². The number of likely N-dealkylation sites (N-methyl/N-ethyl adjacent to an activating group) is 1. The van der Waals surface area contributed by atoms with E-state index in [0.29, 0.717) is 18.1 Å². The minimum atomic E-state index is 0.137. The molecule has 0 amide bonds. The van der Waals surface area contributed by atoms with Crippen LogP contribution >= 0.6 is 0 Å². The first-order chi connectivity index (χ1) is 20.3. The number of nitrogens with one attached hydrogen (secondary N) is 1. The van der Waals surface area contributed by atoms with Gasteiger partial charge in [0.25, 0.3) is 0 Å². The number of benzene rings is 3. The monoisotopic (exact) mass is 568 g/mol. The normalized spacial score (nSPS) is 14.6. The van der Waals surface area contributed by atoms with Gasteiger partial charge in [-0.3, -0.25) is 4.98 Å². The smallest absolute Gasteiger partial charge is 0.163 e. The minimum Gasteiger partial charge on any atom is -0.493 e. The highest BCUT2D eigenvalue weighted by atomic mass is 16.5. The number of aromatic nitrogens is 1. The predicted molar refractivity (Wildman–Crippen MR) is 172 cm³/mol. The van der Waals surface area contributed by atoms with Gasteiger partial charge in [-0.05, 0) is 85.9 Å². The lowest BCUT2D eigenvalue weighted by Crippen LogP contribution is -2.44. The predicted octanol–water partition coefficient (Wildman–Crippen LogP) is 7.48. The molecule has 0 spiro atoms. The second kappa shape index (κ2) is 13.4. The highest BCUT2D eigenvalue weighted by Gasteiger charge is 2.15. The van der Waals surface area contributed by atoms with Crippen LogP contribution in [0.3, 0.4) is 0 Å². The number of fused-ring (bicyclic) bond motifs is 1. The molecule has 0 aliphatic carbocycles. The Labute approximate surface area is 250 Å². The molecule has 0 saturated carbocycles. The van der Waals surface area contributed by atoms with Crippen LogP contribution in [0.4, 0.5) is 11.4 Å². The average Bonchev–Trinajstić information content (AvgIpc) is 2.98. The van der Waals surface area contributed by atoms with E-state index in [1.54, 1.807) is 13.3 Å². The number of unbranched alkanes of at least 4 members (excludes halogenated alkanes) is 1. The maximum atomic E-state index is 6.29. The molecule has 222 valence electrons. The molecule has 2 heterocycles. The third-order valence-electron chi connectivity index (χ3n) is 7.83. The van der Waals surface area contributed by atoms with Gasteiger partial charge in [-0.15, -0.1) is 0 Å². The molecule has 1 aliphatic heterocycles. The fourth-order valence-electron chi connectivity index (χ4n) is 5.13. The number of piperazine rings is 1. The van der Waals surface area contributed by atoms with E-state index in [9.17, 15) is 0 Å². The van der Waals surface area contributed by atoms with Crippen molar-refractivity contribution < 1.29 is 14.2 Å². The first-order valence-electron chi connectivity index (χ1n) is 14.9. The van der Waals surface area contributed by atoms with Gasteiger partial charge in [-0.25, -0.2) is 0 Å². The molecule has 0 radical (unpaired) electrons. The summed E-state index contributed by atoms with van der Waals surface area (Å²) >= 11 is 0. The number of hydrogen-bond donors (Lipinski definition) is 1. The first kappa shape index (κ1) is 29.7. The molecule has 1 aliphatic rings. The van der Waals surface area contributed by atoms with E-state index >= 15 is 0 Å². The van der Waals surface area contributed by atoms with Gasteiger partial charge < -0.3 is 29.3 Å². The number of nitrogens with zero attached hydrogens (tertiary/aromatic N) is 3. The summed E-state index contributed by atoms with van der Waals surface area (Å²) in [5.74, 6) is 2.85. The van der Waals surface area contributed by atoms with Crippen molar-refractivity contribution in [3.05, 3.63) is 78.5 Å². The lowest BCUT2D eigenvalue weighted by atomic mass is 9.87. The Morgan fingerprint density at radius 2 is 1.50 bits per heavy atom. The number of ether oxygens (including phenoxy) is 3. The van der Waals surface area contributed by atoms with Crippen LogP contribution in [-0.2, 0) is 5.41 Å². The maximum absolute atomic E-state index is 6.29. The summed E-state index contributed by atoms with van der Waals surface area (Å²) in [6.45, 7) is 13.0. The number of hydrogen-bond acceptors (Lipinski definition) is 7. The second-order valence-corrected chi connectivity index (χ2v) is 12.1. The summed E-state index contributed by atoms with van der Waals surface area (Å²) < 4.78 is 18.1. The number of methoxy groups -OCH3 is 1. The average molecular weight is 569 g/mol. The second-order valence-electron chi connectivity index (χ2n) is 12.1. The number of pyridine rings is 1. The molecular weight excluding hydrogens is 524 g/mol. The molecule has 7 heteroatoms. The summed E-state index contributed by atoms with van der Waals surface area (Å²) in [7, 11) is 3.86. The van der Waals surface area contributed by atoms with Crippen LogP contribution in [0, 0.1) is 0 Å². The summed E-state index contributed by atoms with van der Waals surface area (Å²) in [5.41, 5.74) is 4.30. The van der Waals surface area contributed by atoms with Crippen LogP contribution in [0.2, 0.25) is 0 Å². The van der Waals surface area contributed by atoms with Crippen LogP contribution < -0.4 is 19.5 Å². The Bertz CT molecular complexity index is 1440. The van der Waals surface area contributed by atoms with Gasteiger partial charge in [-0.1, -0.05) is 32.9 Å². The fourth-order valence-corrected chi connectivity index (χ4v) is 5.13. The lowest BCUT2D eigenvalue weighted by Gasteiger charge is -2.32. The molecule has 5 rings (SSSR count). The Hall–Kier alpha value is -3.81. The quantitative estimate of drug-likeness (QED) is 0.188. The van der Waals surface area contributed by atoms with E-state index in [0.717, 1.165) is 79.3 Å². The number of anilines is 2. The Morgan fingerprint density at radius 1 is 0.810 bits per heavy atom. The molecule has 0 unspecified atom stereocenters. The van der Waals surface area contributed by atoms with E-state index in [2.05, 4.69) is 72.2 Å². The molecule has 1 saturated heterocycles. The fraction of sp³-hybridized carbons (Fsp3) is 0.400. The van der Waals surface area contributed by atoms with Gasteiger partial charge >= 0.3 is 0 Å². The molecule has 1 aromatic heterocycles. The van der Waals surface area contributed by atoms with Crippen molar-refractivity contribution in [1.82, 2.24) is 14.8 Å². The summed E-state index contributed by atoms with van der Waals surface area (Å²) in [4.78, 5) is 9.50. The summed E-state index contributed by atoms with van der Waals surface area (Å²) in [5, 5.41) is 4.34. The molecule has 1 fully saturated rings. The van der Waals surface area contributed by atoms with Gasteiger partial charge in [0.2, 0.25) is 0 Å². The Balaban J connectivity index is 1.19. The van der Waals surface area contributed by atoms with Gasteiger partial charge in [0, 0.05) is 55.2 Å². The van der Waals surface area contributed by atoms with Crippen molar-refractivity contribution in [3.8, 4) is 23.0 Å². The zero-order chi connectivity index (χ0) is 29.5. The zero-order valence-corrected chi connectivity index (χ0v) is 25.7. The van der Waals surface area contributed by atoms with Crippen molar-refractivity contribution in [3.63, 3.8) is 0 Å². The first-order valence-corrected chi connectivity index (χ1v) is 14.9. The highest BCUT2D eigenvalue weighted by molar-refractivity contribution is 5.88. The minimum absolute atomic E-state index is 0.137. The summed E-state index contributed by atoms with van der Waals surface area (Å²) in [6, 6.07) is 22.3. The van der Waals surface area contributed by atoms with E-state index in [1.165, 1.54) is 5.56 Å². The highest BCUT2D eigenvalue weighted by Crippen LogP contribution is 2.37. The molecule has 0 atom stereocenters. The van der Waals surface area contributed by atoms with Gasteiger partial charge in [0.05, 0.1) is 19.2 Å². The Kier molecular flexibility index (Phi) is 9.50. The van der Waals surface area contributed by atoms with E-state index in [1.807, 2.05) is 42.5 Å². The topological polar surface area (TPSA) is 59.1 Å². The SMILES string of the molecule is COc1cc2c(Oc3ccc(Nc4ccc(C(C)(C)C)cc4)cc3)ccnc2cc1OCCCCN1CCN(C)CC1. The van der Waals surface area contributed by atoms with Gasteiger partial charge in [-0.2, -0.15) is 0 Å². The number of rotatable bonds is 11. The van der Waals surface area contributed by atoms with E-state index in [-0.39, 0.29) is 5.41 Å². The molecule has 1 N–H and O–H groups in total. The van der Waals surface area contributed by atoms with Crippen LogP contribution in [0.5, 0.6) is 23.0 Å². The van der Waals surface area contributed by atoms with Crippen LogP contribution in [0.25, 0.3) is 10.9 Å². The third kappa shape index (κ3) is 7.72. The van der Waals surface area contributed by atoms with Crippen molar-refractivity contribution in [2.75, 3.05) is 58.8 Å². The van der Waals surface area contributed by atoms with Crippen LogP contribution in [0.1, 0.15) is 39.2 Å².